The van der Waals surface area contributed by atoms with Gasteiger partial charge in [-0.3, -0.25) is 15.0 Å². The van der Waals surface area contributed by atoms with Gasteiger partial charge >= 0.3 is 5.00 Å². The number of nitrogens with zero attached hydrogens (tertiary/aromatic N) is 2. The first-order valence-electron chi connectivity index (χ1n) is 7.05. The van der Waals surface area contributed by atoms with E-state index in [1.807, 2.05) is 6.07 Å². The molecule has 0 bridgehead atoms. The lowest BCUT2D eigenvalue weighted by atomic mass is 10.2. The third-order valence-electron chi connectivity index (χ3n) is 3.63. The summed E-state index contributed by atoms with van der Waals surface area (Å²) in [5.41, 5.74) is 0.570. The van der Waals surface area contributed by atoms with Gasteiger partial charge in [-0.1, -0.05) is 22.9 Å². The molecule has 1 aliphatic heterocycles. The highest BCUT2D eigenvalue weighted by molar-refractivity contribution is 7.23. The summed E-state index contributed by atoms with van der Waals surface area (Å²) in [6, 6.07) is 5.35. The predicted molar refractivity (Wildman–Crippen MR) is 89.2 cm³/mol. The zero-order chi connectivity index (χ0) is 15.5. The second-order valence-corrected chi connectivity index (χ2v) is 6.53. The molecule has 1 fully saturated rings. The Bertz CT molecular complexity index is 685. The molecule has 0 saturated carbocycles. The second-order valence-electron chi connectivity index (χ2n) is 5.06. The van der Waals surface area contributed by atoms with Crippen LogP contribution in [0.15, 0.2) is 18.2 Å². The molecule has 8 heteroatoms. The normalized spacial score (nSPS) is 16.0. The molecular weight excluding hydrogens is 326 g/mol. The van der Waals surface area contributed by atoms with E-state index in [1.165, 1.54) is 11.3 Å². The quantitative estimate of drug-likeness (QED) is 0.668. The number of halogens is 1. The number of hydrogen-bond donors (Lipinski definition) is 1. The maximum absolute atomic E-state index is 11.3. The van der Waals surface area contributed by atoms with E-state index in [2.05, 4.69) is 10.2 Å². The van der Waals surface area contributed by atoms with E-state index in [4.69, 9.17) is 16.3 Å². The van der Waals surface area contributed by atoms with Gasteiger partial charge in [-0.25, -0.2) is 0 Å². The SMILES string of the molecule is O=[N+]([O-])c1sc2ccc(Cl)cc2c1NCCN1CCOCC1. The smallest absolute Gasteiger partial charge is 0.348 e. The highest BCUT2D eigenvalue weighted by atomic mass is 35.5. The van der Waals surface area contributed by atoms with Crippen molar-refractivity contribution >= 4 is 43.7 Å². The van der Waals surface area contributed by atoms with Crippen molar-refractivity contribution < 1.29 is 9.66 Å². The zero-order valence-electron chi connectivity index (χ0n) is 11.9. The van der Waals surface area contributed by atoms with Crippen LogP contribution >= 0.6 is 22.9 Å². The Morgan fingerprint density at radius 2 is 2.18 bits per heavy atom. The van der Waals surface area contributed by atoms with Crippen LogP contribution in [0.4, 0.5) is 10.7 Å². The fourth-order valence-corrected chi connectivity index (χ4v) is 3.67. The van der Waals surface area contributed by atoms with Gasteiger partial charge in [-0.05, 0) is 18.2 Å². The maximum atomic E-state index is 11.3. The number of hydrogen-bond acceptors (Lipinski definition) is 6. The van der Waals surface area contributed by atoms with Crippen molar-refractivity contribution in [3.8, 4) is 0 Å². The third-order valence-corrected chi connectivity index (χ3v) is 4.99. The number of benzene rings is 1. The number of anilines is 1. The average molecular weight is 342 g/mol. The summed E-state index contributed by atoms with van der Waals surface area (Å²) in [7, 11) is 0. The fourth-order valence-electron chi connectivity index (χ4n) is 2.52. The van der Waals surface area contributed by atoms with Crippen LogP contribution in [0.1, 0.15) is 0 Å². The van der Waals surface area contributed by atoms with Gasteiger partial charge in [0, 0.05) is 41.3 Å². The van der Waals surface area contributed by atoms with Gasteiger partial charge < -0.3 is 10.1 Å². The second kappa shape index (κ2) is 6.78. The molecule has 1 aromatic carbocycles. The molecule has 1 saturated heterocycles. The number of fused-ring (bicyclic) bond motifs is 1. The Labute approximate surface area is 136 Å². The molecule has 1 aromatic heterocycles. The molecule has 118 valence electrons. The highest BCUT2D eigenvalue weighted by Gasteiger charge is 2.21. The van der Waals surface area contributed by atoms with Crippen LogP contribution in [-0.4, -0.2) is 49.2 Å². The molecule has 6 nitrogen and oxygen atoms in total. The highest BCUT2D eigenvalue weighted by Crippen LogP contribution is 2.42. The Kier molecular flexibility index (Phi) is 4.77. The van der Waals surface area contributed by atoms with Crippen molar-refractivity contribution in [2.75, 3.05) is 44.7 Å². The van der Waals surface area contributed by atoms with E-state index < -0.39 is 0 Å². The molecule has 0 spiro atoms. The number of rotatable bonds is 5. The summed E-state index contributed by atoms with van der Waals surface area (Å²) in [6.07, 6.45) is 0. The van der Waals surface area contributed by atoms with Crippen LogP contribution < -0.4 is 5.32 Å². The van der Waals surface area contributed by atoms with Crippen molar-refractivity contribution in [2.24, 2.45) is 0 Å². The van der Waals surface area contributed by atoms with Crippen LogP contribution in [-0.2, 0) is 4.74 Å². The topological polar surface area (TPSA) is 67.6 Å². The standard InChI is InChI=1S/C14H16ClN3O3S/c15-10-1-2-12-11(9-10)13(14(22-12)18(19)20)16-3-4-17-5-7-21-8-6-17/h1-2,9,16H,3-8H2. The van der Waals surface area contributed by atoms with Crippen molar-refractivity contribution in [1.29, 1.82) is 0 Å². The van der Waals surface area contributed by atoms with Crippen LogP contribution in [0.2, 0.25) is 5.02 Å². The van der Waals surface area contributed by atoms with Crippen molar-refractivity contribution in [2.45, 2.75) is 0 Å². The molecule has 1 N–H and O–H groups in total. The van der Waals surface area contributed by atoms with Crippen molar-refractivity contribution in [1.82, 2.24) is 4.90 Å². The van der Waals surface area contributed by atoms with Gasteiger partial charge in [-0.2, -0.15) is 0 Å². The first kappa shape index (κ1) is 15.5. The van der Waals surface area contributed by atoms with E-state index in [0.717, 1.165) is 42.9 Å². The largest absolute Gasteiger partial charge is 0.379 e. The van der Waals surface area contributed by atoms with Crippen LogP contribution in [0.3, 0.4) is 0 Å². The van der Waals surface area contributed by atoms with E-state index in [-0.39, 0.29) is 9.92 Å². The molecule has 0 radical (unpaired) electrons. The summed E-state index contributed by atoms with van der Waals surface area (Å²) in [5, 5.41) is 16.0. The van der Waals surface area contributed by atoms with Gasteiger partial charge in [0.15, 0.2) is 0 Å². The van der Waals surface area contributed by atoms with Crippen LogP contribution in [0.5, 0.6) is 0 Å². The third kappa shape index (κ3) is 3.33. The monoisotopic (exact) mass is 341 g/mol. The van der Waals surface area contributed by atoms with Gasteiger partial charge in [-0.15, -0.1) is 0 Å². The number of nitrogens with one attached hydrogen (secondary N) is 1. The number of nitro groups is 1. The Morgan fingerprint density at radius 3 is 2.91 bits per heavy atom. The van der Waals surface area contributed by atoms with E-state index in [9.17, 15) is 10.1 Å². The Morgan fingerprint density at radius 1 is 1.41 bits per heavy atom. The van der Waals surface area contributed by atoms with E-state index in [0.29, 0.717) is 17.3 Å². The molecule has 2 heterocycles. The lowest BCUT2D eigenvalue weighted by Gasteiger charge is -2.26. The van der Waals surface area contributed by atoms with Crippen molar-refractivity contribution in [3.05, 3.63) is 33.3 Å². The lowest BCUT2D eigenvalue weighted by molar-refractivity contribution is -0.379. The first-order chi connectivity index (χ1) is 10.6. The number of morpholine rings is 1. The van der Waals surface area contributed by atoms with Gasteiger partial charge in [0.1, 0.15) is 5.69 Å². The van der Waals surface area contributed by atoms with Crippen LogP contribution in [0.25, 0.3) is 10.1 Å². The molecule has 0 atom stereocenters. The fraction of sp³-hybridized carbons (Fsp3) is 0.429. The molecule has 0 aliphatic carbocycles. The minimum atomic E-state index is -0.338. The Hall–Kier alpha value is -1.41. The molecule has 22 heavy (non-hydrogen) atoms. The Balaban J connectivity index is 1.77. The van der Waals surface area contributed by atoms with Gasteiger partial charge in [0.2, 0.25) is 0 Å². The number of thiophene rings is 1. The molecule has 2 aromatic rings. The van der Waals surface area contributed by atoms with Crippen molar-refractivity contribution in [3.63, 3.8) is 0 Å². The lowest BCUT2D eigenvalue weighted by Crippen LogP contribution is -2.39. The molecular formula is C14H16ClN3O3S. The maximum Gasteiger partial charge on any atom is 0.348 e. The minimum Gasteiger partial charge on any atom is -0.379 e. The average Bonchev–Trinajstić information content (AvgIpc) is 2.87. The number of ether oxygens (including phenoxy) is 1. The van der Waals surface area contributed by atoms with Crippen LogP contribution in [0, 0.1) is 10.1 Å². The van der Waals surface area contributed by atoms with Gasteiger partial charge in [0.25, 0.3) is 0 Å². The summed E-state index contributed by atoms with van der Waals surface area (Å²) in [4.78, 5) is 13.2. The molecule has 1 aliphatic rings. The summed E-state index contributed by atoms with van der Waals surface area (Å²) < 4.78 is 6.17. The zero-order valence-corrected chi connectivity index (χ0v) is 13.5. The summed E-state index contributed by atoms with van der Waals surface area (Å²) in [5.74, 6) is 0. The van der Waals surface area contributed by atoms with E-state index >= 15 is 0 Å². The summed E-state index contributed by atoms with van der Waals surface area (Å²) >= 11 is 7.19. The first-order valence-corrected chi connectivity index (χ1v) is 8.25. The molecule has 0 unspecified atom stereocenters. The minimum absolute atomic E-state index is 0.138. The van der Waals surface area contributed by atoms with E-state index in [1.54, 1.807) is 12.1 Å². The predicted octanol–water partition coefficient (Wildman–Crippen LogP) is 3.21. The van der Waals surface area contributed by atoms with Gasteiger partial charge in [0.05, 0.1) is 18.1 Å². The molecule has 3 rings (SSSR count). The summed E-state index contributed by atoms with van der Waals surface area (Å²) in [6.45, 7) is 4.78. The molecule has 0 amide bonds.